The zero-order valence-corrected chi connectivity index (χ0v) is 18.5. The summed E-state index contributed by atoms with van der Waals surface area (Å²) in [5.74, 6) is 1.18. The van der Waals surface area contributed by atoms with E-state index in [0.717, 1.165) is 82.9 Å². The van der Waals surface area contributed by atoms with E-state index in [1.807, 2.05) is 23.1 Å². The zero-order chi connectivity index (χ0) is 21.8. The molecular weight excluding hydrogens is 394 g/mol. The Morgan fingerprint density at radius 3 is 2.45 bits per heavy atom. The lowest BCUT2D eigenvalue weighted by atomic mass is 9.81. The first kappa shape index (κ1) is 21.9. The molecule has 170 valence electrons. The average Bonchev–Trinajstić information content (AvgIpc) is 3.63. The van der Waals surface area contributed by atoms with Crippen LogP contribution in [0.3, 0.4) is 0 Å². The number of methoxy groups -OCH3 is 1. The lowest BCUT2D eigenvalue weighted by molar-refractivity contribution is -0.140. The molecule has 0 spiro atoms. The highest BCUT2D eigenvalue weighted by Gasteiger charge is 2.38. The Hall–Kier alpha value is -2.28. The molecule has 0 aromatic heterocycles. The van der Waals surface area contributed by atoms with Crippen LogP contribution in [0.4, 0.5) is 5.69 Å². The number of nitrogens with zero attached hydrogens (tertiary/aromatic N) is 3. The fourth-order valence-electron chi connectivity index (χ4n) is 5.14. The predicted octanol–water partition coefficient (Wildman–Crippen LogP) is 2.56. The number of anilines is 1. The third-order valence-corrected chi connectivity index (χ3v) is 7.18. The van der Waals surface area contributed by atoms with Crippen molar-refractivity contribution in [2.75, 3.05) is 57.8 Å². The van der Waals surface area contributed by atoms with Gasteiger partial charge in [0.15, 0.2) is 0 Å². The molecular formula is C24H35N3O4. The number of piperidine rings is 1. The second-order valence-electron chi connectivity index (χ2n) is 9.25. The van der Waals surface area contributed by atoms with E-state index in [1.54, 1.807) is 7.11 Å². The molecule has 1 aliphatic carbocycles. The van der Waals surface area contributed by atoms with Crippen LogP contribution >= 0.6 is 0 Å². The molecule has 0 bridgehead atoms. The summed E-state index contributed by atoms with van der Waals surface area (Å²) < 4.78 is 5.51. The second kappa shape index (κ2) is 9.90. The van der Waals surface area contributed by atoms with Crippen molar-refractivity contribution < 1.29 is 19.4 Å². The fourth-order valence-corrected chi connectivity index (χ4v) is 5.14. The van der Waals surface area contributed by atoms with Gasteiger partial charge in [0.1, 0.15) is 5.75 Å². The van der Waals surface area contributed by atoms with Gasteiger partial charge in [0.05, 0.1) is 12.8 Å². The van der Waals surface area contributed by atoms with Crippen LogP contribution < -0.4 is 9.64 Å². The van der Waals surface area contributed by atoms with Crippen molar-refractivity contribution in [3.63, 3.8) is 0 Å². The van der Waals surface area contributed by atoms with Gasteiger partial charge in [-0.3, -0.25) is 14.5 Å². The monoisotopic (exact) mass is 429 g/mol. The molecule has 1 N–H and O–H groups in total. The molecule has 4 rings (SSSR count). The predicted molar refractivity (Wildman–Crippen MR) is 119 cm³/mol. The molecule has 1 saturated carbocycles. The Kier molecular flexibility index (Phi) is 7.00. The van der Waals surface area contributed by atoms with E-state index in [-0.39, 0.29) is 24.2 Å². The summed E-state index contributed by atoms with van der Waals surface area (Å²) in [5.41, 5.74) is 1.15. The number of carbonyl (C=O) groups is 2. The summed E-state index contributed by atoms with van der Waals surface area (Å²) in [6.07, 6.45) is 4.04. The number of carbonyl (C=O) groups excluding carboxylic acids is 1. The van der Waals surface area contributed by atoms with Crippen molar-refractivity contribution in [1.29, 1.82) is 0 Å². The van der Waals surface area contributed by atoms with Gasteiger partial charge in [-0.15, -0.1) is 0 Å². The molecule has 3 aliphatic rings. The van der Waals surface area contributed by atoms with Crippen LogP contribution in [0.5, 0.6) is 5.75 Å². The van der Waals surface area contributed by atoms with Gasteiger partial charge in [-0.1, -0.05) is 12.1 Å². The third kappa shape index (κ3) is 5.50. The summed E-state index contributed by atoms with van der Waals surface area (Å²) >= 11 is 0. The molecule has 7 nitrogen and oxygen atoms in total. The van der Waals surface area contributed by atoms with Gasteiger partial charge >= 0.3 is 5.97 Å². The molecule has 0 radical (unpaired) electrons. The number of carboxylic acid groups (broad SMARTS) is 1. The molecule has 1 aromatic rings. The highest BCUT2D eigenvalue weighted by atomic mass is 16.5. The van der Waals surface area contributed by atoms with Crippen molar-refractivity contribution >= 4 is 17.6 Å². The van der Waals surface area contributed by atoms with Crippen molar-refractivity contribution in [3.05, 3.63) is 24.3 Å². The van der Waals surface area contributed by atoms with Gasteiger partial charge in [-0.25, -0.2) is 0 Å². The molecule has 7 heteroatoms. The molecule has 2 heterocycles. The molecule has 2 atom stereocenters. The molecule has 2 aliphatic heterocycles. The van der Waals surface area contributed by atoms with Crippen molar-refractivity contribution in [2.45, 2.75) is 32.1 Å². The topological polar surface area (TPSA) is 73.3 Å². The number of hydrogen-bond donors (Lipinski definition) is 1. The van der Waals surface area contributed by atoms with E-state index in [9.17, 15) is 14.7 Å². The summed E-state index contributed by atoms with van der Waals surface area (Å²) in [6, 6.07) is 8.15. The standard InChI is InChI=1S/C24H35N3O4/c1-31-22-5-3-2-4-21(22)26-14-12-25(13-15-26)10-8-20-17-27(24(30)18-6-7-18)11-9-19(20)16-23(28)29/h2-5,18-20H,6-17H2,1H3,(H,28,29)/t19-,20+/m0/s1. The maximum atomic E-state index is 12.5. The van der Waals surface area contributed by atoms with Crippen LogP contribution in [-0.4, -0.2) is 79.7 Å². The summed E-state index contributed by atoms with van der Waals surface area (Å²) in [7, 11) is 1.71. The van der Waals surface area contributed by atoms with Gasteiger partial charge in [-0.2, -0.15) is 0 Å². The van der Waals surface area contributed by atoms with E-state index in [2.05, 4.69) is 15.9 Å². The minimum absolute atomic E-state index is 0.177. The Bertz CT molecular complexity index is 774. The van der Waals surface area contributed by atoms with E-state index >= 15 is 0 Å². The quantitative estimate of drug-likeness (QED) is 0.685. The van der Waals surface area contributed by atoms with Gasteiger partial charge < -0.3 is 19.6 Å². The molecule has 31 heavy (non-hydrogen) atoms. The van der Waals surface area contributed by atoms with Crippen molar-refractivity contribution in [3.8, 4) is 5.75 Å². The van der Waals surface area contributed by atoms with E-state index < -0.39 is 5.97 Å². The maximum Gasteiger partial charge on any atom is 0.303 e. The number of likely N-dealkylation sites (tertiary alicyclic amines) is 1. The van der Waals surface area contributed by atoms with Gasteiger partial charge in [-0.05, 0) is 56.2 Å². The van der Waals surface area contributed by atoms with Crippen molar-refractivity contribution in [1.82, 2.24) is 9.80 Å². The first-order valence-corrected chi connectivity index (χ1v) is 11.7. The number of aliphatic carboxylic acids is 1. The normalized spacial score (nSPS) is 24.8. The first-order chi connectivity index (χ1) is 15.0. The minimum Gasteiger partial charge on any atom is -0.495 e. The van der Waals surface area contributed by atoms with Crippen LogP contribution in [0.25, 0.3) is 0 Å². The van der Waals surface area contributed by atoms with Crippen LogP contribution in [-0.2, 0) is 9.59 Å². The van der Waals surface area contributed by atoms with Crippen LogP contribution in [0.15, 0.2) is 24.3 Å². The molecule has 3 fully saturated rings. The number of ether oxygens (including phenoxy) is 1. The first-order valence-electron chi connectivity index (χ1n) is 11.7. The van der Waals surface area contributed by atoms with E-state index in [1.165, 1.54) is 0 Å². The highest BCUT2D eigenvalue weighted by molar-refractivity contribution is 5.81. The van der Waals surface area contributed by atoms with Crippen LogP contribution in [0, 0.1) is 17.8 Å². The van der Waals surface area contributed by atoms with Gasteiger partial charge in [0.25, 0.3) is 0 Å². The number of benzene rings is 1. The van der Waals surface area contributed by atoms with Crippen LogP contribution in [0.2, 0.25) is 0 Å². The second-order valence-corrected chi connectivity index (χ2v) is 9.25. The maximum absolute atomic E-state index is 12.5. The Morgan fingerprint density at radius 1 is 1.03 bits per heavy atom. The number of rotatable bonds is 8. The lowest BCUT2D eigenvalue weighted by Gasteiger charge is -2.41. The molecule has 1 aromatic carbocycles. The van der Waals surface area contributed by atoms with Gasteiger partial charge in [0, 0.05) is 51.6 Å². The number of hydrogen-bond acceptors (Lipinski definition) is 5. The highest BCUT2D eigenvalue weighted by Crippen LogP contribution is 2.35. The largest absolute Gasteiger partial charge is 0.495 e. The molecule has 1 amide bonds. The Labute approximate surface area is 184 Å². The minimum atomic E-state index is -0.720. The number of carboxylic acids is 1. The summed E-state index contributed by atoms with van der Waals surface area (Å²) in [4.78, 5) is 30.8. The summed E-state index contributed by atoms with van der Waals surface area (Å²) in [6.45, 7) is 6.30. The Balaban J connectivity index is 1.30. The summed E-state index contributed by atoms with van der Waals surface area (Å²) in [5, 5.41) is 9.35. The lowest BCUT2D eigenvalue weighted by Crippen LogP contribution is -2.49. The number of amides is 1. The Morgan fingerprint density at radius 2 is 1.77 bits per heavy atom. The fraction of sp³-hybridized carbons (Fsp3) is 0.667. The number of para-hydroxylation sites is 2. The van der Waals surface area contributed by atoms with Crippen molar-refractivity contribution in [2.24, 2.45) is 17.8 Å². The smallest absolute Gasteiger partial charge is 0.303 e. The SMILES string of the molecule is COc1ccccc1N1CCN(CC[C@@H]2CN(C(=O)C3CC3)CC[C@H]2CC(=O)O)CC1. The molecule has 0 unspecified atom stereocenters. The average molecular weight is 430 g/mol. The van der Waals surface area contributed by atoms with Crippen LogP contribution in [0.1, 0.15) is 32.1 Å². The van der Waals surface area contributed by atoms with E-state index in [4.69, 9.17) is 4.74 Å². The zero-order valence-electron chi connectivity index (χ0n) is 18.5. The number of piperazine rings is 1. The van der Waals surface area contributed by atoms with E-state index in [0.29, 0.717) is 5.91 Å². The third-order valence-electron chi connectivity index (χ3n) is 7.18. The van der Waals surface area contributed by atoms with Gasteiger partial charge in [0.2, 0.25) is 5.91 Å². The molecule has 2 saturated heterocycles.